The molecule has 1 atom stereocenters. The molecule has 25 heavy (non-hydrogen) atoms. The molecule has 2 aromatic rings. The van der Waals surface area contributed by atoms with Gasteiger partial charge in [0, 0.05) is 28.7 Å². The van der Waals surface area contributed by atoms with Crippen LogP contribution in [-0.4, -0.2) is 20.3 Å². The van der Waals surface area contributed by atoms with Gasteiger partial charge >= 0.3 is 0 Å². The molecular formula is C21H26ClNO2. The van der Waals surface area contributed by atoms with Crippen molar-refractivity contribution >= 4 is 11.6 Å². The molecule has 1 unspecified atom stereocenters. The summed E-state index contributed by atoms with van der Waals surface area (Å²) in [6, 6.07) is 8.71. The molecular weight excluding hydrogens is 334 g/mol. The number of halogens is 1. The summed E-state index contributed by atoms with van der Waals surface area (Å²) in [5, 5.41) is 4.48. The highest BCUT2D eigenvalue weighted by atomic mass is 35.5. The molecule has 0 radical (unpaired) electrons. The van der Waals surface area contributed by atoms with Gasteiger partial charge in [0.1, 0.15) is 11.5 Å². The molecule has 0 saturated carbocycles. The summed E-state index contributed by atoms with van der Waals surface area (Å²) >= 11 is 6.17. The number of aryl methyl sites for hydroxylation is 2. The highest BCUT2D eigenvalue weighted by Crippen LogP contribution is 2.38. The lowest BCUT2D eigenvalue weighted by atomic mass is 9.85. The van der Waals surface area contributed by atoms with Gasteiger partial charge in [-0.15, -0.1) is 0 Å². The third-order valence-electron chi connectivity index (χ3n) is 4.96. The normalized spacial score (nSPS) is 16.4. The minimum Gasteiger partial charge on any atom is -0.496 e. The Morgan fingerprint density at radius 1 is 1.08 bits per heavy atom. The van der Waals surface area contributed by atoms with E-state index in [-0.39, 0.29) is 0 Å². The van der Waals surface area contributed by atoms with Crippen molar-refractivity contribution in [2.75, 3.05) is 14.2 Å². The van der Waals surface area contributed by atoms with Crippen LogP contribution in [0.2, 0.25) is 5.02 Å². The van der Waals surface area contributed by atoms with Crippen LogP contribution in [0.5, 0.6) is 11.5 Å². The fraction of sp³-hybridized carbons (Fsp3) is 0.429. The smallest absolute Gasteiger partial charge is 0.125 e. The topological polar surface area (TPSA) is 30.5 Å². The Kier molecular flexibility index (Phi) is 5.55. The number of nitrogens with one attached hydrogen (secondary N) is 1. The van der Waals surface area contributed by atoms with Crippen LogP contribution in [-0.2, 0) is 19.4 Å². The lowest BCUT2D eigenvalue weighted by Crippen LogP contribution is -2.34. The van der Waals surface area contributed by atoms with Crippen molar-refractivity contribution in [3.8, 4) is 11.5 Å². The number of ether oxygens (including phenoxy) is 2. The zero-order chi connectivity index (χ0) is 18.0. The van der Waals surface area contributed by atoms with E-state index >= 15 is 0 Å². The van der Waals surface area contributed by atoms with E-state index in [4.69, 9.17) is 21.1 Å². The van der Waals surface area contributed by atoms with Crippen molar-refractivity contribution in [2.45, 2.75) is 45.7 Å². The van der Waals surface area contributed by atoms with Gasteiger partial charge in [0.25, 0.3) is 0 Å². The summed E-state index contributed by atoms with van der Waals surface area (Å²) in [6.07, 6.45) is 3.05. The van der Waals surface area contributed by atoms with Gasteiger partial charge in [-0.1, -0.05) is 17.7 Å². The van der Waals surface area contributed by atoms with Crippen LogP contribution in [0.1, 0.15) is 34.2 Å². The Labute approximate surface area is 155 Å². The number of rotatable bonds is 5. The quantitative estimate of drug-likeness (QED) is 0.844. The summed E-state index contributed by atoms with van der Waals surface area (Å²) < 4.78 is 11.3. The predicted octanol–water partition coefficient (Wildman–Crippen LogP) is 4.62. The average molecular weight is 360 g/mol. The molecule has 4 heteroatoms. The minimum absolute atomic E-state index is 0.424. The van der Waals surface area contributed by atoms with E-state index in [1.807, 2.05) is 12.1 Å². The molecule has 1 aliphatic carbocycles. The van der Waals surface area contributed by atoms with Gasteiger partial charge in [0.2, 0.25) is 0 Å². The molecule has 0 aromatic heterocycles. The van der Waals surface area contributed by atoms with Crippen LogP contribution in [0, 0.1) is 13.8 Å². The standard InChI is InChI=1S/C21H26ClNO2/c1-13-7-15(10-16(22)8-13)12-23-17-5-6-18-19(11-17)20(24-3)9-14(2)21(18)25-4/h7-10,17,23H,5-6,11-12H2,1-4H3. The first-order valence-corrected chi connectivity index (χ1v) is 9.12. The first-order valence-electron chi connectivity index (χ1n) is 8.74. The van der Waals surface area contributed by atoms with Crippen LogP contribution in [0.3, 0.4) is 0 Å². The molecule has 1 aliphatic rings. The van der Waals surface area contributed by atoms with Crippen molar-refractivity contribution in [3.05, 3.63) is 57.1 Å². The molecule has 0 bridgehead atoms. The van der Waals surface area contributed by atoms with Crippen LogP contribution in [0.25, 0.3) is 0 Å². The second-order valence-electron chi connectivity index (χ2n) is 6.84. The van der Waals surface area contributed by atoms with Gasteiger partial charge < -0.3 is 14.8 Å². The second-order valence-corrected chi connectivity index (χ2v) is 7.28. The summed E-state index contributed by atoms with van der Waals surface area (Å²) in [5.74, 6) is 1.98. The first kappa shape index (κ1) is 18.1. The van der Waals surface area contributed by atoms with Gasteiger partial charge in [-0.25, -0.2) is 0 Å². The largest absolute Gasteiger partial charge is 0.496 e. The van der Waals surface area contributed by atoms with Gasteiger partial charge in [-0.05, 0) is 68.0 Å². The molecule has 2 aromatic carbocycles. The Morgan fingerprint density at radius 2 is 1.88 bits per heavy atom. The zero-order valence-electron chi connectivity index (χ0n) is 15.4. The average Bonchev–Trinajstić information content (AvgIpc) is 2.58. The number of methoxy groups -OCH3 is 2. The molecule has 3 nitrogen and oxygen atoms in total. The highest BCUT2D eigenvalue weighted by Gasteiger charge is 2.25. The van der Waals surface area contributed by atoms with Crippen LogP contribution in [0.15, 0.2) is 24.3 Å². The van der Waals surface area contributed by atoms with E-state index in [0.29, 0.717) is 6.04 Å². The van der Waals surface area contributed by atoms with E-state index in [1.165, 1.54) is 22.3 Å². The molecule has 1 N–H and O–H groups in total. The third kappa shape index (κ3) is 3.94. The maximum Gasteiger partial charge on any atom is 0.125 e. The van der Waals surface area contributed by atoms with Gasteiger partial charge in [-0.2, -0.15) is 0 Å². The Bertz CT molecular complexity index is 753. The minimum atomic E-state index is 0.424. The van der Waals surface area contributed by atoms with Crippen molar-refractivity contribution in [3.63, 3.8) is 0 Å². The molecule has 0 aliphatic heterocycles. The predicted molar refractivity (Wildman–Crippen MR) is 103 cm³/mol. The van der Waals surface area contributed by atoms with Crippen LogP contribution < -0.4 is 14.8 Å². The van der Waals surface area contributed by atoms with Crippen molar-refractivity contribution in [1.82, 2.24) is 5.32 Å². The summed E-state index contributed by atoms with van der Waals surface area (Å²) in [5.41, 5.74) is 6.13. The molecule has 134 valence electrons. The van der Waals surface area contributed by atoms with Gasteiger partial charge in [0.15, 0.2) is 0 Å². The van der Waals surface area contributed by atoms with Gasteiger partial charge in [0.05, 0.1) is 14.2 Å². The number of hydrogen-bond donors (Lipinski definition) is 1. The zero-order valence-corrected chi connectivity index (χ0v) is 16.2. The Morgan fingerprint density at radius 3 is 2.56 bits per heavy atom. The number of hydrogen-bond acceptors (Lipinski definition) is 3. The summed E-state index contributed by atoms with van der Waals surface area (Å²) in [4.78, 5) is 0. The molecule has 0 saturated heterocycles. The monoisotopic (exact) mass is 359 g/mol. The number of fused-ring (bicyclic) bond motifs is 1. The van der Waals surface area contributed by atoms with E-state index in [2.05, 4.69) is 31.3 Å². The summed E-state index contributed by atoms with van der Waals surface area (Å²) in [6.45, 7) is 4.98. The maximum atomic E-state index is 6.17. The number of benzene rings is 2. The molecule has 0 heterocycles. The molecule has 3 rings (SSSR count). The van der Waals surface area contributed by atoms with E-state index in [0.717, 1.165) is 47.9 Å². The fourth-order valence-electron chi connectivity index (χ4n) is 3.85. The Hall–Kier alpha value is -1.71. The molecule has 0 amide bonds. The fourth-order valence-corrected chi connectivity index (χ4v) is 4.16. The molecule has 0 fully saturated rings. The summed E-state index contributed by atoms with van der Waals surface area (Å²) in [7, 11) is 3.49. The SMILES string of the molecule is COc1cc(C)c(OC)c2c1CC(NCc1cc(C)cc(Cl)c1)CC2. The van der Waals surface area contributed by atoms with E-state index in [9.17, 15) is 0 Å². The Balaban J connectivity index is 1.76. The van der Waals surface area contributed by atoms with E-state index < -0.39 is 0 Å². The molecule has 0 spiro atoms. The van der Waals surface area contributed by atoms with E-state index in [1.54, 1.807) is 14.2 Å². The van der Waals surface area contributed by atoms with Gasteiger partial charge in [-0.3, -0.25) is 0 Å². The van der Waals surface area contributed by atoms with Crippen molar-refractivity contribution < 1.29 is 9.47 Å². The van der Waals surface area contributed by atoms with Crippen molar-refractivity contribution in [2.24, 2.45) is 0 Å². The maximum absolute atomic E-state index is 6.17. The van der Waals surface area contributed by atoms with Crippen LogP contribution in [0.4, 0.5) is 0 Å². The third-order valence-corrected chi connectivity index (χ3v) is 5.17. The highest BCUT2D eigenvalue weighted by molar-refractivity contribution is 6.30. The van der Waals surface area contributed by atoms with Crippen molar-refractivity contribution in [1.29, 1.82) is 0 Å². The second kappa shape index (κ2) is 7.67. The first-order chi connectivity index (χ1) is 12.0. The lowest BCUT2D eigenvalue weighted by Gasteiger charge is -2.29. The van der Waals surface area contributed by atoms with Crippen LogP contribution >= 0.6 is 11.6 Å². The lowest BCUT2D eigenvalue weighted by molar-refractivity contribution is 0.374.